The van der Waals surface area contributed by atoms with Crippen LogP contribution in [0.2, 0.25) is 0 Å². The average molecular weight is 805 g/mol. The lowest BCUT2D eigenvalue weighted by atomic mass is 9.96. The monoisotopic (exact) mass is 804 g/mol. The van der Waals surface area contributed by atoms with E-state index in [2.05, 4.69) is 146 Å². The largest absolute Gasteiger partial charge is 0.456 e. The van der Waals surface area contributed by atoms with Gasteiger partial charge >= 0.3 is 0 Å². The first-order valence-corrected chi connectivity index (χ1v) is 20.9. The minimum atomic E-state index is 0.531. The molecule has 11 aromatic rings. The van der Waals surface area contributed by atoms with E-state index < -0.39 is 0 Å². The maximum absolute atomic E-state index is 9.79. The zero-order chi connectivity index (χ0) is 42.1. The van der Waals surface area contributed by atoms with E-state index >= 15 is 0 Å². The molecular weight excluding hydrogens is 769 g/mol. The van der Waals surface area contributed by atoms with Crippen LogP contribution >= 0.6 is 0 Å². The van der Waals surface area contributed by atoms with Gasteiger partial charge in [0.15, 0.2) is 17.5 Å². The van der Waals surface area contributed by atoms with Crippen molar-refractivity contribution in [2.75, 3.05) is 0 Å². The van der Waals surface area contributed by atoms with E-state index in [1.807, 2.05) is 78.9 Å². The summed E-state index contributed by atoms with van der Waals surface area (Å²) in [6, 6.07) is 77.0. The molecule has 0 spiro atoms. The highest BCUT2D eigenvalue weighted by Crippen LogP contribution is 2.40. The van der Waals surface area contributed by atoms with E-state index in [4.69, 9.17) is 19.4 Å². The van der Waals surface area contributed by atoms with E-state index in [-0.39, 0.29) is 0 Å². The SMILES string of the molecule is N#Cc1ccccc1-c1ccc(-c2nc(-c3cccc(-c4cccc(-c5ccccc5)c4)c3)nc(-c3ccc4c(c3)oc3cccc(-c5cccc(-c6ccccc6)c5)c34)n2)cc1. The van der Waals surface area contributed by atoms with Crippen molar-refractivity contribution in [3.63, 3.8) is 0 Å². The van der Waals surface area contributed by atoms with Crippen molar-refractivity contribution in [1.29, 1.82) is 5.26 Å². The van der Waals surface area contributed by atoms with Crippen molar-refractivity contribution in [3.05, 3.63) is 224 Å². The van der Waals surface area contributed by atoms with Crippen LogP contribution < -0.4 is 0 Å². The molecule has 63 heavy (non-hydrogen) atoms. The summed E-state index contributed by atoms with van der Waals surface area (Å²) in [5.41, 5.74) is 15.6. The number of rotatable bonds is 8. The van der Waals surface area contributed by atoms with Crippen LogP contribution in [0, 0.1) is 11.3 Å². The van der Waals surface area contributed by atoms with E-state index in [0.29, 0.717) is 23.0 Å². The molecule has 0 radical (unpaired) electrons. The van der Waals surface area contributed by atoms with Gasteiger partial charge in [-0.2, -0.15) is 5.26 Å². The van der Waals surface area contributed by atoms with Gasteiger partial charge in [-0.1, -0.05) is 176 Å². The summed E-state index contributed by atoms with van der Waals surface area (Å²) in [6.45, 7) is 0. The highest BCUT2D eigenvalue weighted by atomic mass is 16.3. The van der Waals surface area contributed by atoms with Crippen LogP contribution in [0.15, 0.2) is 223 Å². The molecule has 0 atom stereocenters. The summed E-state index contributed by atoms with van der Waals surface area (Å²) in [5, 5.41) is 11.9. The number of hydrogen-bond acceptors (Lipinski definition) is 5. The average Bonchev–Trinajstić information content (AvgIpc) is 3.75. The van der Waals surface area contributed by atoms with E-state index in [9.17, 15) is 5.26 Å². The van der Waals surface area contributed by atoms with Gasteiger partial charge in [0.05, 0.1) is 11.6 Å². The molecule has 0 bridgehead atoms. The number of hydrogen-bond donors (Lipinski definition) is 0. The molecule has 0 amide bonds. The second-order valence-electron chi connectivity index (χ2n) is 15.5. The fourth-order valence-electron chi connectivity index (χ4n) is 8.44. The van der Waals surface area contributed by atoms with Gasteiger partial charge < -0.3 is 4.42 Å². The summed E-state index contributed by atoms with van der Waals surface area (Å²) in [7, 11) is 0. The molecule has 2 aromatic heterocycles. The number of benzene rings is 9. The molecule has 0 aliphatic heterocycles. The van der Waals surface area contributed by atoms with Crippen LogP contribution in [0.3, 0.4) is 0 Å². The molecule has 0 fully saturated rings. The fourth-order valence-corrected chi connectivity index (χ4v) is 8.44. The Labute approximate surface area is 364 Å². The first-order chi connectivity index (χ1) is 31.1. The molecule has 0 aliphatic carbocycles. The maximum Gasteiger partial charge on any atom is 0.164 e. The molecule has 5 nitrogen and oxygen atoms in total. The molecule has 294 valence electrons. The number of nitriles is 1. The van der Waals surface area contributed by atoms with Gasteiger partial charge in [-0.25, -0.2) is 15.0 Å². The summed E-state index contributed by atoms with van der Waals surface area (Å²) in [4.78, 5) is 15.4. The number of nitrogens with zero attached hydrogens (tertiary/aromatic N) is 4. The predicted molar refractivity (Wildman–Crippen MR) is 255 cm³/mol. The highest BCUT2D eigenvalue weighted by molar-refractivity contribution is 6.13. The Kier molecular flexibility index (Phi) is 9.50. The van der Waals surface area contributed by atoms with E-state index in [1.54, 1.807) is 0 Å². The normalized spacial score (nSPS) is 11.2. The minimum Gasteiger partial charge on any atom is -0.456 e. The first-order valence-electron chi connectivity index (χ1n) is 20.9. The standard InChI is InChI=1S/C58H36N4O/c59-37-49-17-7-8-24-50(49)40-27-29-41(30-28-40)56-60-57(47-23-11-21-45(35-47)44-20-9-18-42(33-44)38-13-3-1-4-14-38)62-58(61-56)48-31-32-52-54(36-48)63-53-26-12-25-51(55(52)53)46-22-10-19-43(34-46)39-15-5-2-6-16-39/h1-36H. The molecule has 2 heterocycles. The Hall–Kier alpha value is -8.72. The third-order valence-corrected chi connectivity index (χ3v) is 11.6. The van der Waals surface area contributed by atoms with Crippen LogP contribution in [0.4, 0.5) is 0 Å². The number of aromatic nitrogens is 3. The summed E-state index contributed by atoms with van der Waals surface area (Å²) >= 11 is 0. The third-order valence-electron chi connectivity index (χ3n) is 11.6. The van der Waals surface area contributed by atoms with E-state index in [1.165, 1.54) is 11.1 Å². The molecule has 0 saturated heterocycles. The van der Waals surface area contributed by atoms with Crippen LogP contribution in [0.5, 0.6) is 0 Å². The molecule has 0 N–H and O–H groups in total. The molecule has 0 aliphatic rings. The van der Waals surface area contributed by atoms with Crippen LogP contribution in [-0.4, -0.2) is 15.0 Å². The van der Waals surface area contributed by atoms with Crippen LogP contribution in [0.1, 0.15) is 5.56 Å². The molecule has 5 heteroatoms. The molecular formula is C58H36N4O. The van der Waals surface area contributed by atoms with Gasteiger partial charge in [-0.3, -0.25) is 0 Å². The maximum atomic E-state index is 9.79. The number of furan rings is 1. The van der Waals surface area contributed by atoms with Gasteiger partial charge in [-0.15, -0.1) is 0 Å². The fraction of sp³-hybridized carbons (Fsp3) is 0. The predicted octanol–water partition coefficient (Wildman–Crippen LogP) is 15.0. The molecule has 0 saturated carbocycles. The summed E-state index contributed by atoms with van der Waals surface area (Å²) < 4.78 is 6.61. The number of fused-ring (bicyclic) bond motifs is 3. The quantitative estimate of drug-likeness (QED) is 0.153. The lowest BCUT2D eigenvalue weighted by Gasteiger charge is -2.11. The highest BCUT2D eigenvalue weighted by Gasteiger charge is 2.18. The zero-order valence-electron chi connectivity index (χ0n) is 34.0. The second-order valence-corrected chi connectivity index (χ2v) is 15.5. The summed E-state index contributed by atoms with van der Waals surface area (Å²) in [5.74, 6) is 1.63. The Balaban J connectivity index is 1.02. The smallest absolute Gasteiger partial charge is 0.164 e. The second kappa shape index (κ2) is 16.0. The third kappa shape index (κ3) is 7.22. The Morgan fingerprint density at radius 2 is 0.762 bits per heavy atom. The van der Waals surface area contributed by atoms with Gasteiger partial charge in [0.2, 0.25) is 0 Å². The lowest BCUT2D eigenvalue weighted by molar-refractivity contribution is 0.669. The van der Waals surface area contributed by atoms with Gasteiger partial charge in [0.1, 0.15) is 11.2 Å². The summed E-state index contributed by atoms with van der Waals surface area (Å²) in [6.07, 6.45) is 0. The van der Waals surface area contributed by atoms with Gasteiger partial charge in [0, 0.05) is 27.5 Å². The van der Waals surface area contributed by atoms with Crippen molar-refractivity contribution in [1.82, 2.24) is 15.0 Å². The van der Waals surface area contributed by atoms with Gasteiger partial charge in [-0.05, 0) is 98.1 Å². The van der Waals surface area contributed by atoms with Crippen molar-refractivity contribution < 1.29 is 4.42 Å². The van der Waals surface area contributed by atoms with Gasteiger partial charge in [0.25, 0.3) is 0 Å². The van der Waals surface area contributed by atoms with Crippen molar-refractivity contribution >= 4 is 21.9 Å². The van der Waals surface area contributed by atoms with Crippen LogP contribution in [0.25, 0.3) is 112 Å². The molecule has 0 unspecified atom stereocenters. The topological polar surface area (TPSA) is 75.6 Å². The lowest BCUT2D eigenvalue weighted by Crippen LogP contribution is -2.00. The van der Waals surface area contributed by atoms with Crippen LogP contribution in [-0.2, 0) is 0 Å². The first kappa shape index (κ1) is 37.3. The van der Waals surface area contributed by atoms with Crippen molar-refractivity contribution in [2.45, 2.75) is 0 Å². The molecule has 9 aromatic carbocycles. The zero-order valence-corrected chi connectivity index (χ0v) is 34.0. The van der Waals surface area contributed by atoms with Crippen molar-refractivity contribution in [2.24, 2.45) is 0 Å². The Morgan fingerprint density at radius 3 is 1.41 bits per heavy atom. The van der Waals surface area contributed by atoms with Crippen molar-refractivity contribution in [3.8, 4) is 95.9 Å². The Morgan fingerprint density at radius 1 is 0.317 bits per heavy atom. The Bertz CT molecular complexity index is 3510. The van der Waals surface area contributed by atoms with E-state index in [0.717, 1.165) is 83.1 Å². The molecule has 11 rings (SSSR count). The minimum absolute atomic E-state index is 0.531.